The first kappa shape index (κ1) is 24.2. The summed E-state index contributed by atoms with van der Waals surface area (Å²) in [7, 11) is 0. The molecule has 33 heavy (non-hydrogen) atoms. The zero-order valence-electron chi connectivity index (χ0n) is 18.7. The Morgan fingerprint density at radius 1 is 0.939 bits per heavy atom. The Labute approximate surface area is 202 Å². The van der Waals surface area contributed by atoms with Crippen LogP contribution in [0.25, 0.3) is 0 Å². The van der Waals surface area contributed by atoms with Gasteiger partial charge in [0.2, 0.25) is 11.9 Å². The molecule has 4 heterocycles. The molecule has 0 N–H and O–H groups in total. The second kappa shape index (κ2) is 13.1. The smallest absolute Gasteiger partial charge is 0.225 e. The summed E-state index contributed by atoms with van der Waals surface area (Å²) < 4.78 is 23.7. The van der Waals surface area contributed by atoms with E-state index in [9.17, 15) is 0 Å². The normalized spacial score (nSPS) is 21.4. The van der Waals surface area contributed by atoms with Crippen molar-refractivity contribution in [3.05, 3.63) is 35.3 Å². The Morgan fingerprint density at radius 3 is 2.52 bits per heavy atom. The minimum absolute atomic E-state index is 0.0696. The molecule has 0 radical (unpaired) electrons. The average molecular weight is 523 g/mol. The summed E-state index contributed by atoms with van der Waals surface area (Å²) in [6.07, 6.45) is 10.2. The summed E-state index contributed by atoms with van der Waals surface area (Å²) in [4.78, 5) is 22.1. The Kier molecular flexibility index (Phi) is 9.61. The number of ether oxygens (including phenoxy) is 4. The van der Waals surface area contributed by atoms with Gasteiger partial charge < -0.3 is 28.7 Å². The molecule has 2 aliphatic heterocycles. The molecule has 0 aromatic carbocycles. The molecule has 1 unspecified atom stereocenters. The van der Waals surface area contributed by atoms with E-state index in [0.29, 0.717) is 44.9 Å². The van der Waals surface area contributed by atoms with E-state index in [-0.39, 0.29) is 12.3 Å². The van der Waals surface area contributed by atoms with Crippen molar-refractivity contribution >= 4 is 27.8 Å². The van der Waals surface area contributed by atoms with Gasteiger partial charge in [0.05, 0.1) is 43.5 Å². The summed E-state index contributed by atoms with van der Waals surface area (Å²) in [6.45, 7) is 5.67. The van der Waals surface area contributed by atoms with Crippen LogP contribution in [0.15, 0.2) is 35.3 Å². The molecule has 180 valence electrons. The van der Waals surface area contributed by atoms with Gasteiger partial charge in [0, 0.05) is 51.0 Å². The quantitative estimate of drug-likeness (QED) is 0.409. The Bertz CT molecular complexity index is 812. The fraction of sp³-hybridized carbons (Fsp3) is 0.636. The van der Waals surface area contributed by atoms with Crippen LogP contribution < -0.4 is 9.80 Å². The fourth-order valence-corrected chi connectivity index (χ4v) is 4.08. The number of nitrogens with zero attached hydrogens (tertiary/aromatic N) is 6. The van der Waals surface area contributed by atoms with Gasteiger partial charge in [0.25, 0.3) is 0 Å². The molecule has 0 aliphatic carbocycles. The summed E-state index contributed by atoms with van der Waals surface area (Å²) in [5, 5.41) is 0. The molecule has 2 aromatic heterocycles. The topological polar surface area (TPSA) is 95.0 Å². The predicted molar refractivity (Wildman–Crippen MR) is 126 cm³/mol. The van der Waals surface area contributed by atoms with Crippen molar-refractivity contribution in [2.24, 2.45) is 0 Å². The van der Waals surface area contributed by atoms with Crippen molar-refractivity contribution in [2.45, 2.75) is 31.6 Å². The van der Waals surface area contributed by atoms with Gasteiger partial charge in [-0.1, -0.05) is 0 Å². The van der Waals surface area contributed by atoms with E-state index in [2.05, 4.69) is 45.7 Å². The van der Waals surface area contributed by atoms with Crippen molar-refractivity contribution in [3.8, 4) is 0 Å². The molecule has 0 saturated carbocycles. The second-order valence-electron chi connectivity index (χ2n) is 7.90. The van der Waals surface area contributed by atoms with E-state index in [4.69, 9.17) is 18.9 Å². The number of hydrogen-bond donors (Lipinski definition) is 0. The Hall–Kier alpha value is -1.92. The SMILES string of the molecule is Brc1cnc(N2CCN(c3ncccn3)[C@@H](COCCOCCOC3CCCCO3)C2)nc1. The summed E-state index contributed by atoms with van der Waals surface area (Å²) in [5.74, 6) is 1.42. The largest absolute Gasteiger partial charge is 0.377 e. The minimum atomic E-state index is -0.0752. The van der Waals surface area contributed by atoms with Crippen LogP contribution in [0.5, 0.6) is 0 Å². The van der Waals surface area contributed by atoms with Crippen molar-refractivity contribution in [3.63, 3.8) is 0 Å². The van der Waals surface area contributed by atoms with E-state index < -0.39 is 0 Å². The van der Waals surface area contributed by atoms with Gasteiger partial charge in [0.1, 0.15) is 0 Å². The Morgan fingerprint density at radius 2 is 1.73 bits per heavy atom. The molecule has 11 heteroatoms. The van der Waals surface area contributed by atoms with Crippen LogP contribution in [0.2, 0.25) is 0 Å². The van der Waals surface area contributed by atoms with E-state index in [1.807, 2.05) is 6.07 Å². The van der Waals surface area contributed by atoms with E-state index in [0.717, 1.165) is 50.0 Å². The van der Waals surface area contributed by atoms with Crippen LogP contribution in [0.4, 0.5) is 11.9 Å². The van der Waals surface area contributed by atoms with Crippen LogP contribution in [-0.2, 0) is 18.9 Å². The minimum Gasteiger partial charge on any atom is -0.377 e. The van der Waals surface area contributed by atoms with Crippen LogP contribution in [0, 0.1) is 0 Å². The molecule has 10 nitrogen and oxygen atoms in total. The highest BCUT2D eigenvalue weighted by Crippen LogP contribution is 2.20. The highest BCUT2D eigenvalue weighted by Gasteiger charge is 2.30. The fourth-order valence-electron chi connectivity index (χ4n) is 3.87. The lowest BCUT2D eigenvalue weighted by molar-refractivity contribution is -0.169. The predicted octanol–water partition coefficient (Wildman–Crippen LogP) is 2.30. The molecule has 0 bridgehead atoms. The third-order valence-electron chi connectivity index (χ3n) is 5.53. The molecule has 0 amide bonds. The first-order valence-electron chi connectivity index (χ1n) is 11.4. The number of halogens is 1. The van der Waals surface area contributed by atoms with Crippen molar-refractivity contribution in [1.29, 1.82) is 0 Å². The average Bonchev–Trinajstić information content (AvgIpc) is 2.87. The maximum absolute atomic E-state index is 5.96. The second-order valence-corrected chi connectivity index (χ2v) is 8.81. The number of piperazine rings is 1. The third-order valence-corrected chi connectivity index (χ3v) is 5.94. The van der Waals surface area contributed by atoms with Gasteiger partial charge in [-0.3, -0.25) is 0 Å². The maximum atomic E-state index is 5.96. The summed E-state index contributed by atoms with van der Waals surface area (Å²) in [6, 6.07) is 1.89. The monoisotopic (exact) mass is 522 g/mol. The molecular formula is C22H31BrN6O4. The number of aromatic nitrogens is 4. The van der Waals surface area contributed by atoms with Crippen LogP contribution in [-0.4, -0.2) is 91.5 Å². The standard InChI is InChI=1S/C22H31BrN6O4/c23-18-14-26-21(27-15-18)28-7-8-29(22-24-5-3-6-25-22)19(16-28)17-31-11-10-30-12-13-33-20-4-1-2-9-32-20/h3,5-6,14-15,19-20H,1-2,4,7-13,16-17H2/t19-,20?/m1/s1. The van der Waals surface area contributed by atoms with Gasteiger partial charge in [-0.15, -0.1) is 0 Å². The van der Waals surface area contributed by atoms with E-state index in [1.165, 1.54) is 0 Å². The molecule has 2 fully saturated rings. The molecule has 2 aliphatic rings. The molecule has 2 aromatic rings. The first-order chi connectivity index (χ1) is 16.3. The van der Waals surface area contributed by atoms with Gasteiger partial charge in [-0.25, -0.2) is 19.9 Å². The zero-order valence-corrected chi connectivity index (χ0v) is 20.3. The summed E-state index contributed by atoms with van der Waals surface area (Å²) >= 11 is 3.39. The highest BCUT2D eigenvalue weighted by molar-refractivity contribution is 9.10. The zero-order chi connectivity index (χ0) is 22.7. The van der Waals surface area contributed by atoms with Crippen molar-refractivity contribution in [1.82, 2.24) is 19.9 Å². The summed E-state index contributed by atoms with van der Waals surface area (Å²) in [5.41, 5.74) is 0. The lowest BCUT2D eigenvalue weighted by atomic mass is 10.2. The van der Waals surface area contributed by atoms with Crippen molar-refractivity contribution < 1.29 is 18.9 Å². The molecule has 2 atom stereocenters. The lowest BCUT2D eigenvalue weighted by Gasteiger charge is -2.41. The third kappa shape index (κ3) is 7.54. The van der Waals surface area contributed by atoms with Crippen LogP contribution >= 0.6 is 15.9 Å². The number of hydrogen-bond acceptors (Lipinski definition) is 10. The van der Waals surface area contributed by atoms with E-state index >= 15 is 0 Å². The molecule has 4 rings (SSSR count). The van der Waals surface area contributed by atoms with Gasteiger partial charge >= 0.3 is 0 Å². The maximum Gasteiger partial charge on any atom is 0.225 e. The Balaban J connectivity index is 1.21. The molecular weight excluding hydrogens is 492 g/mol. The van der Waals surface area contributed by atoms with Crippen LogP contribution in [0.3, 0.4) is 0 Å². The van der Waals surface area contributed by atoms with E-state index in [1.54, 1.807) is 24.8 Å². The van der Waals surface area contributed by atoms with Crippen LogP contribution in [0.1, 0.15) is 19.3 Å². The molecule has 2 saturated heterocycles. The van der Waals surface area contributed by atoms with Gasteiger partial charge in [-0.05, 0) is 41.3 Å². The van der Waals surface area contributed by atoms with Crippen molar-refractivity contribution in [2.75, 3.05) is 69.1 Å². The number of anilines is 2. The first-order valence-corrected chi connectivity index (χ1v) is 12.2. The number of rotatable bonds is 11. The van der Waals surface area contributed by atoms with Gasteiger partial charge in [-0.2, -0.15) is 0 Å². The molecule has 0 spiro atoms. The lowest BCUT2D eigenvalue weighted by Crippen LogP contribution is -2.56. The highest BCUT2D eigenvalue weighted by atomic mass is 79.9. The van der Waals surface area contributed by atoms with Gasteiger partial charge in [0.15, 0.2) is 6.29 Å².